The number of thioether (sulfide) groups is 1. The van der Waals surface area contributed by atoms with Crippen LogP contribution in [0.25, 0.3) is 10.8 Å². The van der Waals surface area contributed by atoms with Crippen molar-refractivity contribution in [1.29, 1.82) is 0 Å². The van der Waals surface area contributed by atoms with Gasteiger partial charge in [-0.2, -0.15) is 0 Å². The number of hydrogen-bond acceptors (Lipinski definition) is 7. The minimum Gasteiger partial charge on any atom is -0.444 e. The molecule has 2 atom stereocenters. The van der Waals surface area contributed by atoms with Crippen molar-refractivity contribution in [1.82, 2.24) is 14.9 Å². The first kappa shape index (κ1) is 33.7. The SMILES string of the molecule is CSc1nc2c(c(N3CCN(C(=O)OC(C)(C)C)C[C@@H]3CO[Si](C)(C)C(C)(C)C)n1)CCC(c1cc(C)cc3ccccc13)C2. The summed E-state index contributed by atoms with van der Waals surface area (Å²) in [7, 11) is -2.03. The molecule has 1 aliphatic carbocycles. The zero-order chi connectivity index (χ0) is 32.7. The summed E-state index contributed by atoms with van der Waals surface area (Å²) in [6.07, 6.45) is 4.67. The van der Waals surface area contributed by atoms with Crippen molar-refractivity contribution < 1.29 is 14.0 Å². The summed E-state index contributed by atoms with van der Waals surface area (Å²) >= 11 is 1.60. The van der Waals surface area contributed by atoms with E-state index in [1.165, 1.54) is 27.5 Å². The number of hydrogen-bond donors (Lipinski definition) is 0. The molecule has 0 spiro atoms. The predicted octanol–water partition coefficient (Wildman–Crippen LogP) is 8.38. The van der Waals surface area contributed by atoms with Gasteiger partial charge in [0.05, 0.1) is 18.3 Å². The van der Waals surface area contributed by atoms with Gasteiger partial charge in [-0.3, -0.25) is 0 Å². The van der Waals surface area contributed by atoms with Crippen molar-refractivity contribution >= 4 is 42.8 Å². The number of rotatable bonds is 6. The molecule has 244 valence electrons. The number of carbonyl (C=O) groups excluding carboxylic acids is 1. The van der Waals surface area contributed by atoms with Crippen LogP contribution in [0.5, 0.6) is 0 Å². The Balaban J connectivity index is 1.48. The van der Waals surface area contributed by atoms with Gasteiger partial charge in [0.25, 0.3) is 0 Å². The number of amides is 1. The Bertz CT molecular complexity index is 1550. The third kappa shape index (κ3) is 7.52. The lowest BCUT2D eigenvalue weighted by molar-refractivity contribution is 0.0198. The fourth-order valence-electron chi connectivity index (χ4n) is 6.29. The van der Waals surface area contributed by atoms with Crippen LogP contribution in [0.1, 0.15) is 76.3 Å². The Morgan fingerprint density at radius 2 is 1.80 bits per heavy atom. The Labute approximate surface area is 275 Å². The maximum atomic E-state index is 13.2. The van der Waals surface area contributed by atoms with Gasteiger partial charge in [0.15, 0.2) is 13.5 Å². The van der Waals surface area contributed by atoms with Crippen LogP contribution in [0.2, 0.25) is 18.1 Å². The van der Waals surface area contributed by atoms with Crippen molar-refractivity contribution in [2.45, 2.75) is 109 Å². The van der Waals surface area contributed by atoms with E-state index in [9.17, 15) is 4.79 Å². The van der Waals surface area contributed by atoms with Crippen LogP contribution in [-0.2, 0) is 22.0 Å². The van der Waals surface area contributed by atoms with Gasteiger partial charge in [0.2, 0.25) is 0 Å². The minimum atomic E-state index is -2.03. The molecule has 0 bridgehead atoms. The molecule has 0 N–H and O–H groups in total. The van der Waals surface area contributed by atoms with E-state index >= 15 is 0 Å². The number of carbonyl (C=O) groups is 1. The molecule has 1 amide bonds. The molecule has 0 saturated carbocycles. The zero-order valence-corrected chi connectivity index (χ0v) is 30.8. The molecule has 1 fully saturated rings. The molecule has 1 aliphatic heterocycles. The van der Waals surface area contributed by atoms with Gasteiger partial charge < -0.3 is 19.0 Å². The molecule has 9 heteroatoms. The lowest BCUT2D eigenvalue weighted by Gasteiger charge is -2.45. The van der Waals surface area contributed by atoms with E-state index in [2.05, 4.69) is 88.3 Å². The van der Waals surface area contributed by atoms with Crippen LogP contribution < -0.4 is 4.90 Å². The van der Waals surface area contributed by atoms with Gasteiger partial charge in [0.1, 0.15) is 11.4 Å². The second kappa shape index (κ2) is 12.9. The first-order valence-electron chi connectivity index (χ1n) is 16.4. The van der Waals surface area contributed by atoms with E-state index in [0.717, 1.165) is 35.9 Å². The minimum absolute atomic E-state index is 0.0347. The molecule has 1 unspecified atom stereocenters. The van der Waals surface area contributed by atoms with Crippen molar-refractivity contribution in [2.75, 3.05) is 37.4 Å². The second-order valence-electron chi connectivity index (χ2n) is 15.3. The maximum Gasteiger partial charge on any atom is 0.410 e. The van der Waals surface area contributed by atoms with Crippen molar-refractivity contribution in [3.8, 4) is 0 Å². The van der Waals surface area contributed by atoms with Gasteiger partial charge in [0, 0.05) is 25.2 Å². The number of aryl methyl sites for hydroxylation is 1. The Morgan fingerprint density at radius 1 is 1.07 bits per heavy atom. The molecule has 45 heavy (non-hydrogen) atoms. The van der Waals surface area contributed by atoms with Crippen molar-refractivity contribution in [3.63, 3.8) is 0 Å². The van der Waals surface area contributed by atoms with Crippen LogP contribution in [-0.4, -0.2) is 73.4 Å². The first-order chi connectivity index (χ1) is 21.1. The third-order valence-corrected chi connectivity index (χ3v) is 14.8. The summed E-state index contributed by atoms with van der Waals surface area (Å²) in [5, 5.41) is 3.54. The summed E-state index contributed by atoms with van der Waals surface area (Å²) < 4.78 is 12.6. The van der Waals surface area contributed by atoms with Gasteiger partial charge >= 0.3 is 6.09 Å². The molecule has 5 rings (SSSR count). The van der Waals surface area contributed by atoms with Gasteiger partial charge in [-0.05, 0) is 93.6 Å². The molecule has 3 aromatic rings. The van der Waals surface area contributed by atoms with Gasteiger partial charge in [-0.15, -0.1) is 0 Å². The quantitative estimate of drug-likeness (QED) is 0.151. The highest BCUT2D eigenvalue weighted by molar-refractivity contribution is 7.98. The fourth-order valence-corrected chi connectivity index (χ4v) is 7.71. The summed E-state index contributed by atoms with van der Waals surface area (Å²) in [6, 6.07) is 13.4. The number of fused-ring (bicyclic) bond motifs is 2. The summed E-state index contributed by atoms with van der Waals surface area (Å²) in [5.74, 6) is 1.42. The number of aromatic nitrogens is 2. The fraction of sp³-hybridized carbons (Fsp3) is 0.583. The van der Waals surface area contributed by atoms with E-state index in [4.69, 9.17) is 19.1 Å². The number of piperazine rings is 1. The number of benzene rings is 2. The largest absolute Gasteiger partial charge is 0.444 e. The Kier molecular flexibility index (Phi) is 9.65. The molecular weight excluding hydrogens is 597 g/mol. The lowest BCUT2D eigenvalue weighted by Crippen LogP contribution is -2.59. The Hall–Kier alpha value is -2.62. The normalized spacial score (nSPS) is 19.5. The number of anilines is 1. The van der Waals surface area contributed by atoms with Crippen molar-refractivity contribution in [3.05, 3.63) is 58.8 Å². The van der Waals surface area contributed by atoms with Crippen LogP contribution in [0.3, 0.4) is 0 Å². The first-order valence-corrected chi connectivity index (χ1v) is 20.5. The average Bonchev–Trinajstić information content (AvgIpc) is 2.97. The number of ether oxygens (including phenoxy) is 1. The maximum absolute atomic E-state index is 13.2. The molecule has 7 nitrogen and oxygen atoms in total. The molecule has 2 aromatic carbocycles. The van der Waals surface area contributed by atoms with E-state index in [1.807, 2.05) is 25.7 Å². The third-order valence-electron chi connectivity index (χ3n) is 9.74. The molecule has 2 heterocycles. The van der Waals surface area contributed by atoms with E-state index < -0.39 is 13.9 Å². The van der Waals surface area contributed by atoms with Crippen LogP contribution in [0.4, 0.5) is 10.6 Å². The zero-order valence-electron chi connectivity index (χ0n) is 29.0. The lowest BCUT2D eigenvalue weighted by atomic mass is 9.80. The summed E-state index contributed by atoms with van der Waals surface area (Å²) in [4.78, 5) is 27.7. The predicted molar refractivity (Wildman–Crippen MR) is 189 cm³/mol. The highest BCUT2D eigenvalue weighted by atomic mass is 32.2. The highest BCUT2D eigenvalue weighted by Gasteiger charge is 2.41. The van der Waals surface area contributed by atoms with Crippen LogP contribution in [0.15, 0.2) is 41.6 Å². The standard InChI is InChI=1S/C36H52N4O3SSi/c1-24-19-25-13-11-12-14-28(25)30(20-24)26-15-16-29-31(21-26)37-33(44-8)38-32(29)40-18-17-39(34(41)43-35(2,3)4)22-27(40)23-42-45(9,10)36(5,6)7/h11-14,19-20,26-27H,15-18,21-23H2,1-10H3/t26?,27-/m1/s1. The highest BCUT2D eigenvalue weighted by Crippen LogP contribution is 2.41. The van der Waals surface area contributed by atoms with Crippen LogP contribution >= 0.6 is 11.8 Å². The summed E-state index contributed by atoms with van der Waals surface area (Å²) in [6.45, 7) is 21.7. The molecule has 1 saturated heterocycles. The second-order valence-corrected chi connectivity index (χ2v) is 20.9. The smallest absolute Gasteiger partial charge is 0.410 e. The van der Waals surface area contributed by atoms with E-state index in [-0.39, 0.29) is 17.2 Å². The van der Waals surface area contributed by atoms with E-state index in [0.29, 0.717) is 32.2 Å². The Morgan fingerprint density at radius 3 is 2.49 bits per heavy atom. The summed E-state index contributed by atoms with van der Waals surface area (Å²) in [5.41, 5.74) is 4.59. The van der Waals surface area contributed by atoms with E-state index in [1.54, 1.807) is 11.8 Å². The van der Waals surface area contributed by atoms with Gasteiger partial charge in [-0.1, -0.05) is 74.5 Å². The van der Waals surface area contributed by atoms with Crippen LogP contribution in [0, 0.1) is 6.92 Å². The van der Waals surface area contributed by atoms with Crippen molar-refractivity contribution in [2.24, 2.45) is 0 Å². The monoisotopic (exact) mass is 648 g/mol. The molecule has 1 aromatic heterocycles. The van der Waals surface area contributed by atoms with Gasteiger partial charge in [-0.25, -0.2) is 14.8 Å². The number of nitrogens with zero attached hydrogens (tertiary/aromatic N) is 4. The molecule has 2 aliphatic rings. The molecule has 0 radical (unpaired) electrons. The topological polar surface area (TPSA) is 67.8 Å². The average molecular weight is 649 g/mol. The molecular formula is C36H52N4O3SSi.